The highest BCUT2D eigenvalue weighted by Crippen LogP contribution is 2.32. The third kappa shape index (κ3) is 3.90. The second kappa shape index (κ2) is 7.22. The lowest BCUT2D eigenvalue weighted by molar-refractivity contribution is 0.174. The molecule has 0 atom stereocenters. The smallest absolute Gasteiger partial charge is 0.231 e. The maximum absolute atomic E-state index is 8.88. The van der Waals surface area contributed by atoms with Crippen LogP contribution in [0.1, 0.15) is 16.8 Å². The van der Waals surface area contributed by atoms with Gasteiger partial charge in [-0.15, -0.1) is 0 Å². The zero-order valence-electron chi connectivity index (χ0n) is 14.7. The minimum absolute atomic E-state index is 0.261. The zero-order valence-corrected chi connectivity index (χ0v) is 14.7. The van der Waals surface area contributed by atoms with Gasteiger partial charge in [-0.25, -0.2) is 4.98 Å². The van der Waals surface area contributed by atoms with Gasteiger partial charge in [0, 0.05) is 24.0 Å². The van der Waals surface area contributed by atoms with Gasteiger partial charge in [0.1, 0.15) is 5.82 Å². The molecule has 0 spiro atoms. The van der Waals surface area contributed by atoms with Crippen LogP contribution in [0.3, 0.4) is 0 Å². The van der Waals surface area contributed by atoms with Crippen molar-refractivity contribution in [3.05, 3.63) is 65.4 Å². The van der Waals surface area contributed by atoms with Crippen LogP contribution in [0.2, 0.25) is 0 Å². The number of aryl methyl sites for hydroxylation is 1. The number of hydrogen-bond acceptors (Lipinski definition) is 7. The normalized spacial score (nSPS) is 11.7. The number of nitrogens with zero attached hydrogens (tertiary/aromatic N) is 3. The monoisotopic (exact) mass is 359 g/mol. The number of aromatic nitrogens is 2. The first-order chi connectivity index (χ1) is 13.2. The second-order valence-electron chi connectivity index (χ2n) is 6.07. The third-order valence-electron chi connectivity index (χ3n) is 4.03. The van der Waals surface area contributed by atoms with Crippen molar-refractivity contribution in [2.75, 3.05) is 17.4 Å². The molecule has 134 valence electrons. The van der Waals surface area contributed by atoms with Crippen molar-refractivity contribution in [1.29, 1.82) is 5.26 Å². The molecule has 0 saturated carbocycles. The number of hydrogen-bond donors (Lipinski definition) is 2. The summed E-state index contributed by atoms with van der Waals surface area (Å²) in [7, 11) is 0. The van der Waals surface area contributed by atoms with Crippen molar-refractivity contribution >= 4 is 17.5 Å². The number of benzene rings is 2. The Morgan fingerprint density at radius 3 is 2.67 bits per heavy atom. The molecule has 0 fully saturated rings. The lowest BCUT2D eigenvalue weighted by Gasteiger charge is -2.10. The van der Waals surface area contributed by atoms with E-state index in [1.165, 1.54) is 0 Å². The van der Waals surface area contributed by atoms with Crippen LogP contribution in [0.15, 0.2) is 48.5 Å². The summed E-state index contributed by atoms with van der Waals surface area (Å²) in [6.45, 7) is 2.74. The Kier molecular flexibility index (Phi) is 4.45. The lowest BCUT2D eigenvalue weighted by Crippen LogP contribution is -2.06. The van der Waals surface area contributed by atoms with Gasteiger partial charge in [0.2, 0.25) is 12.7 Å². The quantitative estimate of drug-likeness (QED) is 0.717. The van der Waals surface area contributed by atoms with E-state index < -0.39 is 0 Å². The van der Waals surface area contributed by atoms with Crippen molar-refractivity contribution in [2.45, 2.75) is 13.5 Å². The predicted molar refractivity (Wildman–Crippen MR) is 101 cm³/mol. The average molecular weight is 359 g/mol. The molecule has 1 aliphatic heterocycles. The topological polar surface area (TPSA) is 92.1 Å². The molecule has 0 bridgehead atoms. The summed E-state index contributed by atoms with van der Waals surface area (Å²) in [4.78, 5) is 8.93. The van der Waals surface area contributed by atoms with E-state index in [9.17, 15) is 0 Å². The van der Waals surface area contributed by atoms with Crippen molar-refractivity contribution in [3.63, 3.8) is 0 Å². The Balaban J connectivity index is 1.46. The van der Waals surface area contributed by atoms with Crippen molar-refractivity contribution < 1.29 is 9.47 Å². The highest BCUT2D eigenvalue weighted by Gasteiger charge is 2.13. The first-order valence-corrected chi connectivity index (χ1v) is 8.45. The maximum Gasteiger partial charge on any atom is 0.231 e. The van der Waals surface area contributed by atoms with E-state index >= 15 is 0 Å². The number of rotatable bonds is 5. The van der Waals surface area contributed by atoms with E-state index in [0.29, 0.717) is 23.9 Å². The van der Waals surface area contributed by atoms with Gasteiger partial charge in [0.05, 0.1) is 11.6 Å². The summed E-state index contributed by atoms with van der Waals surface area (Å²) in [5.41, 5.74) is 3.36. The number of nitrogens with one attached hydrogen (secondary N) is 2. The fourth-order valence-corrected chi connectivity index (χ4v) is 2.72. The molecule has 0 aliphatic carbocycles. The minimum Gasteiger partial charge on any atom is -0.454 e. The van der Waals surface area contributed by atoms with E-state index in [4.69, 9.17) is 14.7 Å². The fraction of sp³-hybridized carbons (Fsp3) is 0.150. The summed E-state index contributed by atoms with van der Waals surface area (Å²) >= 11 is 0. The van der Waals surface area contributed by atoms with E-state index in [1.54, 1.807) is 12.1 Å². The predicted octanol–water partition coefficient (Wildman–Crippen LogP) is 3.74. The van der Waals surface area contributed by atoms with Crippen LogP contribution in [-0.4, -0.2) is 16.8 Å². The van der Waals surface area contributed by atoms with Gasteiger partial charge >= 0.3 is 0 Å². The SMILES string of the molecule is Cc1cc(Nc2ccc(C#N)cc2)nc(NCc2ccc3c(c2)OCO3)n1. The van der Waals surface area contributed by atoms with Gasteiger partial charge in [0.25, 0.3) is 0 Å². The van der Waals surface area contributed by atoms with Gasteiger partial charge < -0.3 is 20.1 Å². The van der Waals surface area contributed by atoms with Crippen molar-refractivity contribution in [1.82, 2.24) is 9.97 Å². The largest absolute Gasteiger partial charge is 0.454 e. The van der Waals surface area contributed by atoms with Crippen LogP contribution >= 0.6 is 0 Å². The molecule has 4 rings (SSSR count). The lowest BCUT2D eigenvalue weighted by atomic mass is 10.2. The van der Waals surface area contributed by atoms with Crippen LogP contribution in [0.4, 0.5) is 17.5 Å². The second-order valence-corrected chi connectivity index (χ2v) is 6.07. The van der Waals surface area contributed by atoms with Crippen molar-refractivity contribution in [2.24, 2.45) is 0 Å². The molecule has 3 aromatic rings. The van der Waals surface area contributed by atoms with E-state index in [0.717, 1.165) is 28.4 Å². The molecule has 7 nitrogen and oxygen atoms in total. The summed E-state index contributed by atoms with van der Waals surface area (Å²) < 4.78 is 10.7. The Morgan fingerprint density at radius 2 is 1.85 bits per heavy atom. The number of anilines is 3. The van der Waals surface area contributed by atoms with Gasteiger partial charge in [-0.05, 0) is 48.9 Å². The number of ether oxygens (including phenoxy) is 2. The molecule has 0 unspecified atom stereocenters. The third-order valence-corrected chi connectivity index (χ3v) is 4.03. The molecule has 2 heterocycles. The summed E-state index contributed by atoms with van der Waals surface area (Å²) in [6.07, 6.45) is 0. The van der Waals surface area contributed by atoms with Gasteiger partial charge in [-0.2, -0.15) is 10.2 Å². The highest BCUT2D eigenvalue weighted by atomic mass is 16.7. The standard InChI is InChI=1S/C20H17N5O2/c1-13-8-19(24-16-5-2-14(10-21)3-6-16)25-20(23-13)22-11-15-4-7-17-18(9-15)27-12-26-17/h2-9H,11-12H2,1H3,(H2,22,23,24,25). The first kappa shape index (κ1) is 16.7. The van der Waals surface area contributed by atoms with Crippen LogP contribution in [0.5, 0.6) is 11.5 Å². The van der Waals surface area contributed by atoms with Gasteiger partial charge in [-0.1, -0.05) is 6.07 Å². The molecule has 0 radical (unpaired) electrons. The van der Waals surface area contributed by atoms with Crippen LogP contribution in [-0.2, 0) is 6.54 Å². The first-order valence-electron chi connectivity index (χ1n) is 8.45. The number of nitriles is 1. The molecule has 0 saturated heterocycles. The molecule has 7 heteroatoms. The Labute approximate surface area is 156 Å². The van der Waals surface area contributed by atoms with Gasteiger partial charge in [-0.3, -0.25) is 0 Å². The molecule has 2 aromatic carbocycles. The molecule has 0 amide bonds. The number of fused-ring (bicyclic) bond motifs is 1. The Morgan fingerprint density at radius 1 is 1.04 bits per heavy atom. The fourth-order valence-electron chi connectivity index (χ4n) is 2.72. The molecule has 1 aromatic heterocycles. The highest BCUT2D eigenvalue weighted by molar-refractivity contribution is 5.58. The molecular weight excluding hydrogens is 342 g/mol. The van der Waals surface area contributed by atoms with Crippen molar-refractivity contribution in [3.8, 4) is 17.6 Å². The average Bonchev–Trinajstić information content (AvgIpc) is 3.14. The Hall–Kier alpha value is -3.79. The molecular formula is C20H17N5O2. The summed E-state index contributed by atoms with van der Waals surface area (Å²) in [6, 6.07) is 17.0. The minimum atomic E-state index is 0.261. The molecule has 1 aliphatic rings. The zero-order chi connectivity index (χ0) is 18.6. The van der Waals surface area contributed by atoms with Crippen LogP contribution in [0.25, 0.3) is 0 Å². The summed E-state index contributed by atoms with van der Waals surface area (Å²) in [5.74, 6) is 2.73. The van der Waals surface area contributed by atoms with Crippen LogP contribution in [0, 0.1) is 18.3 Å². The van der Waals surface area contributed by atoms with Gasteiger partial charge in [0.15, 0.2) is 11.5 Å². The van der Waals surface area contributed by atoms with Crippen LogP contribution < -0.4 is 20.1 Å². The molecule has 27 heavy (non-hydrogen) atoms. The van der Waals surface area contributed by atoms with E-state index in [1.807, 2.05) is 43.3 Å². The molecule has 2 N–H and O–H groups in total. The Bertz CT molecular complexity index is 1010. The van der Waals surface area contributed by atoms with E-state index in [2.05, 4.69) is 26.7 Å². The summed E-state index contributed by atoms with van der Waals surface area (Å²) in [5, 5.41) is 15.3. The van der Waals surface area contributed by atoms with E-state index in [-0.39, 0.29) is 6.79 Å². The maximum atomic E-state index is 8.88.